The molecule has 34 valence electrons. The minimum atomic E-state index is -1.21. The van der Waals surface area contributed by atoms with Gasteiger partial charge in [0.15, 0.2) is 0 Å². The van der Waals surface area contributed by atoms with Gasteiger partial charge in [-0.05, 0) is 0 Å². The van der Waals surface area contributed by atoms with Crippen molar-refractivity contribution < 1.29 is 18.9 Å². The van der Waals surface area contributed by atoms with Crippen LogP contribution in [0.5, 0.6) is 0 Å². The van der Waals surface area contributed by atoms with Crippen LogP contribution in [0.3, 0.4) is 0 Å². The standard InChI is InChI=1S/C5H9Si.Li/c1-5-6(2,3)4;/h2-4H3;/q-1;+1. The van der Waals surface area contributed by atoms with Crippen molar-refractivity contribution in [2.45, 2.75) is 19.6 Å². The van der Waals surface area contributed by atoms with Crippen LogP contribution in [0.1, 0.15) is 0 Å². The third-order valence-electron chi connectivity index (χ3n) is 0.375. The molecule has 0 saturated heterocycles. The zero-order valence-electron chi connectivity index (χ0n) is 5.50. The summed E-state index contributed by atoms with van der Waals surface area (Å²) in [4.78, 5) is 0. The molecule has 0 nitrogen and oxygen atoms in total. The predicted molar refractivity (Wildman–Crippen MR) is 30.5 cm³/mol. The van der Waals surface area contributed by atoms with Gasteiger partial charge in [-0.15, -0.1) is 0 Å². The Balaban J connectivity index is 0. The average molecular weight is 104 g/mol. The molecule has 0 fully saturated rings. The van der Waals surface area contributed by atoms with Gasteiger partial charge < -0.3 is 12.0 Å². The van der Waals surface area contributed by atoms with E-state index in [0.29, 0.717) is 0 Å². The van der Waals surface area contributed by atoms with Gasteiger partial charge in [0.25, 0.3) is 0 Å². The Bertz CT molecular complexity index is 75.1. The summed E-state index contributed by atoms with van der Waals surface area (Å²) in [5.41, 5.74) is 2.49. The number of rotatable bonds is 0. The first-order chi connectivity index (χ1) is 2.56. The average Bonchev–Trinajstić information content (AvgIpc) is 1.35. The number of hydrogen-bond acceptors (Lipinski definition) is 0. The fraction of sp³-hybridized carbons (Fsp3) is 0.600. The minimum Gasteiger partial charge on any atom is -0.701 e. The fourth-order valence-electron chi connectivity index (χ4n) is 0. The summed E-state index contributed by atoms with van der Waals surface area (Å²) < 4.78 is 0. The van der Waals surface area contributed by atoms with Crippen LogP contribution in [0.4, 0.5) is 0 Å². The molecule has 0 bridgehead atoms. The van der Waals surface area contributed by atoms with Crippen molar-refractivity contribution in [2.75, 3.05) is 0 Å². The van der Waals surface area contributed by atoms with E-state index in [1.807, 2.05) is 0 Å². The zero-order chi connectivity index (χ0) is 5.21. The predicted octanol–water partition coefficient (Wildman–Crippen LogP) is -1.54. The van der Waals surface area contributed by atoms with Crippen LogP contribution in [0.25, 0.3) is 0 Å². The Morgan fingerprint density at radius 2 is 1.43 bits per heavy atom. The van der Waals surface area contributed by atoms with Crippen LogP contribution in [0.15, 0.2) is 0 Å². The van der Waals surface area contributed by atoms with E-state index in [1.165, 1.54) is 0 Å². The third kappa shape index (κ3) is 10.7. The maximum atomic E-state index is 6.67. The van der Waals surface area contributed by atoms with E-state index in [9.17, 15) is 0 Å². The van der Waals surface area contributed by atoms with Gasteiger partial charge in [-0.25, -0.2) is 0 Å². The van der Waals surface area contributed by atoms with Gasteiger partial charge in [0.2, 0.25) is 0 Å². The van der Waals surface area contributed by atoms with Gasteiger partial charge in [-0.1, -0.05) is 19.6 Å². The van der Waals surface area contributed by atoms with Crippen molar-refractivity contribution in [3.8, 4) is 5.54 Å². The van der Waals surface area contributed by atoms with Gasteiger partial charge in [0.05, 0.1) is 8.07 Å². The summed E-state index contributed by atoms with van der Waals surface area (Å²) in [6.07, 6.45) is 6.67. The molecule has 0 spiro atoms. The van der Waals surface area contributed by atoms with Crippen LogP contribution < -0.4 is 18.9 Å². The van der Waals surface area contributed by atoms with Crippen molar-refractivity contribution in [2.24, 2.45) is 0 Å². The molecule has 0 aromatic heterocycles. The van der Waals surface area contributed by atoms with Crippen LogP contribution >= 0.6 is 0 Å². The smallest absolute Gasteiger partial charge is 0.701 e. The Morgan fingerprint density at radius 3 is 1.43 bits per heavy atom. The van der Waals surface area contributed by atoms with Crippen LogP contribution in [-0.2, 0) is 0 Å². The molecule has 0 N–H and O–H groups in total. The van der Waals surface area contributed by atoms with E-state index in [4.69, 9.17) is 6.42 Å². The van der Waals surface area contributed by atoms with Gasteiger partial charge in [0, 0.05) is 0 Å². The van der Waals surface area contributed by atoms with E-state index < -0.39 is 8.07 Å². The molecule has 7 heavy (non-hydrogen) atoms. The van der Waals surface area contributed by atoms with Crippen molar-refractivity contribution in [3.63, 3.8) is 0 Å². The normalized spacial score (nSPS) is 8.86. The maximum Gasteiger partial charge on any atom is 1.00 e. The Morgan fingerprint density at radius 1 is 1.29 bits per heavy atom. The largest absolute Gasteiger partial charge is 1.00 e. The summed E-state index contributed by atoms with van der Waals surface area (Å²) >= 11 is 0. The molecule has 2 heteroatoms. The molecular formula is C5H9LiSi. The molecule has 0 saturated carbocycles. The van der Waals surface area contributed by atoms with E-state index in [1.54, 1.807) is 0 Å². The summed E-state index contributed by atoms with van der Waals surface area (Å²) in [5.74, 6) is 0. The van der Waals surface area contributed by atoms with E-state index in [2.05, 4.69) is 25.2 Å². The molecule has 0 amide bonds. The van der Waals surface area contributed by atoms with E-state index in [-0.39, 0.29) is 18.9 Å². The quantitative estimate of drug-likeness (QED) is 0.198. The van der Waals surface area contributed by atoms with Crippen molar-refractivity contribution in [1.82, 2.24) is 0 Å². The van der Waals surface area contributed by atoms with Crippen molar-refractivity contribution in [1.29, 1.82) is 0 Å². The molecule has 0 aliphatic carbocycles. The Kier molecular flexibility index (Phi) is 5.02. The first-order valence-electron chi connectivity index (χ1n) is 2.00. The van der Waals surface area contributed by atoms with Crippen LogP contribution in [0, 0.1) is 12.0 Å². The molecule has 0 radical (unpaired) electrons. The van der Waals surface area contributed by atoms with Gasteiger partial charge in [0.1, 0.15) is 0 Å². The fourth-order valence-corrected chi connectivity index (χ4v) is 0. The molecule has 0 heterocycles. The molecule has 0 unspecified atom stereocenters. The zero-order valence-corrected chi connectivity index (χ0v) is 6.50. The Labute approximate surface area is 58.9 Å². The molecule has 0 atom stereocenters. The first kappa shape index (κ1) is 10.4. The first-order valence-corrected chi connectivity index (χ1v) is 5.50. The van der Waals surface area contributed by atoms with E-state index >= 15 is 0 Å². The summed E-state index contributed by atoms with van der Waals surface area (Å²) in [6.45, 7) is 6.25. The second kappa shape index (κ2) is 3.39. The molecule has 0 aromatic carbocycles. The monoisotopic (exact) mass is 104 g/mol. The number of hydrogen-bond donors (Lipinski definition) is 0. The van der Waals surface area contributed by atoms with Crippen molar-refractivity contribution in [3.05, 3.63) is 6.42 Å². The van der Waals surface area contributed by atoms with Crippen molar-refractivity contribution >= 4 is 8.07 Å². The molecule has 0 rings (SSSR count). The molecule has 0 aliphatic heterocycles. The SMILES string of the molecule is [C-]#C[Si](C)(C)C.[Li+]. The minimum absolute atomic E-state index is 0. The van der Waals surface area contributed by atoms with E-state index in [0.717, 1.165) is 0 Å². The van der Waals surface area contributed by atoms with Gasteiger partial charge in [-0.2, -0.15) is 0 Å². The maximum absolute atomic E-state index is 6.67. The summed E-state index contributed by atoms with van der Waals surface area (Å²) in [7, 11) is -1.21. The second-order valence-corrected chi connectivity index (χ2v) is 7.12. The molecule has 0 aliphatic rings. The molecular weight excluding hydrogens is 95.1 g/mol. The van der Waals surface area contributed by atoms with Crippen LogP contribution in [-0.4, -0.2) is 8.07 Å². The van der Waals surface area contributed by atoms with Gasteiger partial charge in [-0.3, -0.25) is 0 Å². The second-order valence-electron chi connectivity index (χ2n) is 2.38. The van der Waals surface area contributed by atoms with Gasteiger partial charge >= 0.3 is 18.9 Å². The summed E-state index contributed by atoms with van der Waals surface area (Å²) in [6, 6.07) is 0. The molecule has 0 aromatic rings. The van der Waals surface area contributed by atoms with Crippen LogP contribution in [0.2, 0.25) is 19.6 Å². The Hall–Kier alpha value is 0.374. The topological polar surface area (TPSA) is 0 Å². The summed E-state index contributed by atoms with van der Waals surface area (Å²) in [5, 5.41) is 0. The third-order valence-corrected chi connectivity index (χ3v) is 1.12.